The normalized spacial score (nSPS) is 14.4. The van der Waals surface area contributed by atoms with Crippen molar-refractivity contribution in [2.45, 2.75) is 10.5 Å². The topological polar surface area (TPSA) is 74.6 Å². The Morgan fingerprint density at radius 2 is 1.18 bits per heavy atom. The molecule has 0 spiro atoms. The minimum atomic E-state index is -1.29. The minimum Gasteiger partial charge on any atom is -0.480 e. The van der Waals surface area contributed by atoms with E-state index in [1.165, 1.54) is 0 Å². The molecule has 4 nitrogen and oxygen atoms in total. The van der Waals surface area contributed by atoms with Crippen molar-refractivity contribution in [3.05, 3.63) is 0 Å². The molecule has 0 rings (SSSR count). The van der Waals surface area contributed by atoms with Crippen molar-refractivity contribution in [1.29, 1.82) is 0 Å². The quantitative estimate of drug-likeness (QED) is 0.507. The Bertz CT molecular complexity index is 144. The molecule has 0 saturated carbocycles. The van der Waals surface area contributed by atoms with Gasteiger partial charge in [0.05, 0.1) is 0 Å². The van der Waals surface area contributed by atoms with Crippen molar-refractivity contribution in [3.8, 4) is 0 Å². The van der Waals surface area contributed by atoms with Crippen LogP contribution in [0.2, 0.25) is 0 Å². The van der Waals surface area contributed by atoms with E-state index in [0.717, 1.165) is 0 Å². The van der Waals surface area contributed by atoms with Crippen LogP contribution in [-0.4, -0.2) is 32.7 Å². The molecule has 2 atom stereocenters. The van der Waals surface area contributed by atoms with Crippen LogP contribution < -0.4 is 0 Å². The summed E-state index contributed by atoms with van der Waals surface area (Å²) >= 11 is 7.00. The number of carbonyl (C=O) groups is 2. The second-order valence-electron chi connectivity index (χ2n) is 1.57. The van der Waals surface area contributed by atoms with E-state index >= 15 is 0 Å². The zero-order valence-electron chi connectivity index (χ0n) is 5.21. The number of rotatable bonds is 3. The Labute approximate surface area is 86.1 Å². The van der Waals surface area contributed by atoms with Gasteiger partial charge < -0.3 is 10.2 Å². The summed E-state index contributed by atoms with van der Waals surface area (Å²) in [7, 11) is 0. The number of aliphatic carboxylic acids is 2. The number of carboxylic acids is 2. The fourth-order valence-corrected chi connectivity index (χ4v) is 0.525. The molecule has 0 aliphatic carbocycles. The van der Waals surface area contributed by atoms with Gasteiger partial charge in [-0.3, -0.25) is 9.59 Å². The molecule has 0 aromatic heterocycles. The molecule has 11 heavy (non-hydrogen) atoms. The number of thiol groups is 2. The fraction of sp³-hybridized carbons (Fsp3) is 0.500. The van der Waals surface area contributed by atoms with Crippen LogP contribution in [0.3, 0.4) is 0 Å². The largest absolute Gasteiger partial charge is 0.480 e. The molecule has 0 aromatic rings. The molecule has 0 heterocycles. The molecule has 0 fully saturated rings. The summed E-state index contributed by atoms with van der Waals surface area (Å²) in [5, 5.41) is 13.9. The van der Waals surface area contributed by atoms with Gasteiger partial charge in [0.1, 0.15) is 10.5 Å². The van der Waals surface area contributed by atoms with Gasteiger partial charge in [-0.15, -0.1) is 0 Å². The predicted molar refractivity (Wildman–Crippen MR) is 40.8 cm³/mol. The van der Waals surface area contributed by atoms with E-state index in [9.17, 15) is 9.59 Å². The molecule has 0 aliphatic heterocycles. The number of carboxylic acid groups (broad SMARTS) is 2. The maximum Gasteiger partial charge on any atom is 0.318 e. The average molecular weight is 233 g/mol. The fourth-order valence-electron chi connectivity index (χ4n) is 0.270. The van der Waals surface area contributed by atoms with Crippen molar-refractivity contribution in [3.63, 3.8) is 0 Å². The van der Waals surface area contributed by atoms with Gasteiger partial charge in [0, 0.05) is 18.6 Å². The van der Waals surface area contributed by atoms with Gasteiger partial charge in [-0.2, -0.15) is 25.3 Å². The summed E-state index contributed by atoms with van der Waals surface area (Å²) in [5.41, 5.74) is 0. The summed E-state index contributed by atoms with van der Waals surface area (Å²) < 4.78 is 0. The van der Waals surface area contributed by atoms with Crippen LogP contribution in [0, 0.1) is 0 Å². The van der Waals surface area contributed by atoms with E-state index in [1.54, 1.807) is 0 Å². The van der Waals surface area contributed by atoms with Crippen molar-refractivity contribution < 1.29 is 38.4 Å². The van der Waals surface area contributed by atoms with E-state index in [0.29, 0.717) is 0 Å². The SMILES string of the molecule is O=C(O)C(S)C(S)C(=O)O.[V]. The van der Waals surface area contributed by atoms with Crippen LogP contribution in [0.5, 0.6) is 0 Å². The third-order valence-electron chi connectivity index (χ3n) is 0.805. The smallest absolute Gasteiger partial charge is 0.318 e. The minimum absolute atomic E-state index is 0. The van der Waals surface area contributed by atoms with Crippen LogP contribution in [0.25, 0.3) is 0 Å². The molecule has 7 heteroatoms. The molecule has 0 aliphatic rings. The first-order valence-electron chi connectivity index (χ1n) is 2.28. The van der Waals surface area contributed by atoms with E-state index in [2.05, 4.69) is 25.3 Å². The predicted octanol–water partition coefficient (Wildman–Crippen LogP) is -0.250. The second kappa shape index (κ2) is 5.82. The molecular weight excluding hydrogens is 227 g/mol. The second-order valence-corrected chi connectivity index (χ2v) is 2.68. The van der Waals surface area contributed by atoms with Gasteiger partial charge in [0.15, 0.2) is 0 Å². The Morgan fingerprint density at radius 3 is 1.27 bits per heavy atom. The monoisotopic (exact) mass is 233 g/mol. The van der Waals surface area contributed by atoms with Gasteiger partial charge in [-0.25, -0.2) is 0 Å². The Balaban J connectivity index is 0. The average Bonchev–Trinajstić information content (AvgIpc) is 1.84. The zero-order valence-corrected chi connectivity index (χ0v) is 8.39. The maximum absolute atomic E-state index is 10.1. The molecular formula is C4H6O4S2V. The van der Waals surface area contributed by atoms with E-state index < -0.39 is 22.4 Å². The van der Waals surface area contributed by atoms with Gasteiger partial charge in [-0.05, 0) is 0 Å². The van der Waals surface area contributed by atoms with Crippen LogP contribution in [-0.2, 0) is 28.1 Å². The summed E-state index contributed by atoms with van der Waals surface area (Å²) in [4.78, 5) is 20.1. The first kappa shape index (κ1) is 13.8. The van der Waals surface area contributed by atoms with Crippen molar-refractivity contribution in [2.75, 3.05) is 0 Å². The van der Waals surface area contributed by atoms with Gasteiger partial charge in [0.2, 0.25) is 0 Å². The van der Waals surface area contributed by atoms with Crippen LogP contribution in [0.1, 0.15) is 0 Å². The van der Waals surface area contributed by atoms with Crippen LogP contribution in [0.15, 0.2) is 0 Å². The Kier molecular flexibility index (Phi) is 7.30. The van der Waals surface area contributed by atoms with Crippen LogP contribution in [0.4, 0.5) is 0 Å². The first-order valence-corrected chi connectivity index (χ1v) is 3.32. The van der Waals surface area contributed by atoms with Crippen LogP contribution >= 0.6 is 25.3 Å². The molecule has 0 bridgehead atoms. The Morgan fingerprint density at radius 1 is 1.00 bits per heavy atom. The first-order chi connectivity index (χ1) is 4.46. The molecule has 1 radical (unpaired) electrons. The molecule has 2 N–H and O–H groups in total. The Hall–Kier alpha value is 0.224. The molecule has 0 aromatic carbocycles. The van der Waals surface area contributed by atoms with E-state index in [4.69, 9.17) is 10.2 Å². The summed E-state index contributed by atoms with van der Waals surface area (Å²) in [6, 6.07) is 0. The molecule has 0 saturated heterocycles. The molecule has 63 valence electrons. The molecule has 2 unspecified atom stereocenters. The van der Waals surface area contributed by atoms with Gasteiger partial charge >= 0.3 is 11.9 Å². The number of hydrogen-bond donors (Lipinski definition) is 4. The zero-order chi connectivity index (χ0) is 8.31. The van der Waals surface area contributed by atoms with E-state index in [-0.39, 0.29) is 18.6 Å². The third-order valence-corrected chi connectivity index (χ3v) is 2.08. The maximum atomic E-state index is 10.1. The number of hydrogen-bond acceptors (Lipinski definition) is 4. The summed E-state index contributed by atoms with van der Waals surface area (Å²) in [6.45, 7) is 0. The summed E-state index contributed by atoms with van der Waals surface area (Å²) in [6.07, 6.45) is 0. The van der Waals surface area contributed by atoms with Gasteiger partial charge in [-0.1, -0.05) is 0 Å². The van der Waals surface area contributed by atoms with Crippen molar-refractivity contribution >= 4 is 37.2 Å². The van der Waals surface area contributed by atoms with Crippen molar-refractivity contribution in [1.82, 2.24) is 0 Å². The molecule has 0 amide bonds. The van der Waals surface area contributed by atoms with Gasteiger partial charge in [0.25, 0.3) is 0 Å². The van der Waals surface area contributed by atoms with E-state index in [1.807, 2.05) is 0 Å². The summed E-state index contributed by atoms with van der Waals surface area (Å²) in [5.74, 6) is -2.57. The van der Waals surface area contributed by atoms with Crippen molar-refractivity contribution in [2.24, 2.45) is 0 Å². The third kappa shape index (κ3) is 4.63. The standard InChI is InChI=1S/C4H6O4S2.V/c5-3(6)1(9)2(10)4(7)8;/h1-2,9-10H,(H,5,6)(H,7,8);.